The fourth-order valence-electron chi connectivity index (χ4n) is 2.75. The smallest absolute Gasteiger partial charge is 0.323 e. The summed E-state index contributed by atoms with van der Waals surface area (Å²) in [5.74, 6) is -0.808. The lowest BCUT2D eigenvalue weighted by Gasteiger charge is -2.42. The molecule has 1 unspecified atom stereocenters. The van der Waals surface area contributed by atoms with Gasteiger partial charge in [-0.2, -0.15) is 0 Å². The largest absolute Gasteiger partial charge is 0.480 e. The van der Waals surface area contributed by atoms with Crippen molar-refractivity contribution in [1.29, 1.82) is 0 Å². The highest BCUT2D eigenvalue weighted by Crippen LogP contribution is 2.33. The van der Waals surface area contributed by atoms with Crippen molar-refractivity contribution in [3.05, 3.63) is 35.4 Å². The molecule has 0 radical (unpaired) electrons. The summed E-state index contributed by atoms with van der Waals surface area (Å²) >= 11 is 0. The minimum atomic E-state index is -0.909. The van der Waals surface area contributed by atoms with E-state index in [0.717, 1.165) is 5.56 Å². The fraction of sp³-hybridized carbons (Fsp3) is 0.533. The Labute approximate surface area is 114 Å². The van der Waals surface area contributed by atoms with Crippen LogP contribution in [0.25, 0.3) is 0 Å². The van der Waals surface area contributed by atoms with Crippen LogP contribution in [0.2, 0.25) is 0 Å². The maximum absolute atomic E-state index is 11.5. The van der Waals surface area contributed by atoms with Gasteiger partial charge in [0.1, 0.15) is 5.54 Å². The second kappa shape index (κ2) is 5.31. The van der Waals surface area contributed by atoms with E-state index in [1.165, 1.54) is 5.56 Å². The zero-order valence-electron chi connectivity index (χ0n) is 11.7. The van der Waals surface area contributed by atoms with Crippen LogP contribution in [0.1, 0.15) is 37.9 Å². The van der Waals surface area contributed by atoms with Crippen LogP contribution in [-0.2, 0) is 16.1 Å². The van der Waals surface area contributed by atoms with Crippen LogP contribution in [0.5, 0.6) is 0 Å². The summed E-state index contributed by atoms with van der Waals surface area (Å²) in [6.07, 6.45) is 0. The summed E-state index contributed by atoms with van der Waals surface area (Å²) in [5.41, 5.74) is 1.43. The number of ether oxygens (including phenoxy) is 1. The number of nitrogens with zero attached hydrogens (tertiary/aromatic N) is 1. The highest BCUT2D eigenvalue weighted by atomic mass is 16.5. The lowest BCUT2D eigenvalue weighted by atomic mass is 9.93. The van der Waals surface area contributed by atoms with E-state index >= 15 is 0 Å². The van der Waals surface area contributed by atoms with Gasteiger partial charge in [-0.3, -0.25) is 9.69 Å². The standard InChI is InChI=1S/C15H21NO3/c1-4-16(15(2,3)14(17)18)13-10-19-9-11-7-5-6-8-12(11)13/h5-8,13H,4,9-10H2,1-3H3,(H,17,18). The molecule has 0 saturated heterocycles. The second-order valence-corrected chi connectivity index (χ2v) is 5.38. The minimum absolute atomic E-state index is 0.000972. The summed E-state index contributed by atoms with van der Waals surface area (Å²) < 4.78 is 5.63. The van der Waals surface area contributed by atoms with Crippen LogP contribution in [0.3, 0.4) is 0 Å². The Kier molecular flexibility index (Phi) is 3.92. The summed E-state index contributed by atoms with van der Waals surface area (Å²) in [4.78, 5) is 13.5. The molecule has 0 fully saturated rings. The average Bonchev–Trinajstić information content (AvgIpc) is 2.39. The van der Waals surface area contributed by atoms with Gasteiger partial charge in [-0.1, -0.05) is 31.2 Å². The predicted molar refractivity (Wildman–Crippen MR) is 72.9 cm³/mol. The lowest BCUT2D eigenvalue weighted by Crippen LogP contribution is -2.53. The molecule has 1 heterocycles. The molecule has 0 amide bonds. The Hall–Kier alpha value is -1.39. The number of fused-ring (bicyclic) bond motifs is 1. The van der Waals surface area contributed by atoms with Crippen LogP contribution in [0, 0.1) is 0 Å². The number of carboxylic acids is 1. The molecule has 1 aromatic carbocycles. The molecule has 1 aliphatic heterocycles. The molecule has 2 rings (SSSR count). The number of benzene rings is 1. The normalized spacial score (nSPS) is 19.3. The van der Waals surface area contributed by atoms with Crippen LogP contribution < -0.4 is 0 Å². The molecule has 104 valence electrons. The van der Waals surface area contributed by atoms with Gasteiger partial charge in [0, 0.05) is 0 Å². The van der Waals surface area contributed by atoms with Crippen LogP contribution in [0.15, 0.2) is 24.3 Å². The Morgan fingerprint density at radius 3 is 2.79 bits per heavy atom. The third-order valence-corrected chi connectivity index (χ3v) is 3.91. The quantitative estimate of drug-likeness (QED) is 0.906. The zero-order valence-corrected chi connectivity index (χ0v) is 11.7. The summed E-state index contributed by atoms with van der Waals surface area (Å²) in [7, 11) is 0. The molecule has 0 saturated carbocycles. The third kappa shape index (κ3) is 2.51. The minimum Gasteiger partial charge on any atom is -0.480 e. The van der Waals surface area contributed by atoms with Crippen LogP contribution in [-0.4, -0.2) is 34.7 Å². The van der Waals surface area contributed by atoms with Crippen molar-refractivity contribution in [2.24, 2.45) is 0 Å². The Balaban J connectivity index is 2.38. The Bertz CT molecular complexity index is 470. The Morgan fingerprint density at radius 1 is 1.47 bits per heavy atom. The molecule has 4 heteroatoms. The van der Waals surface area contributed by atoms with Crippen LogP contribution in [0.4, 0.5) is 0 Å². The first-order valence-corrected chi connectivity index (χ1v) is 6.64. The molecule has 19 heavy (non-hydrogen) atoms. The van der Waals surface area contributed by atoms with E-state index < -0.39 is 11.5 Å². The summed E-state index contributed by atoms with van der Waals surface area (Å²) in [6.45, 7) is 7.30. The molecule has 1 N–H and O–H groups in total. The third-order valence-electron chi connectivity index (χ3n) is 3.91. The second-order valence-electron chi connectivity index (χ2n) is 5.38. The Morgan fingerprint density at radius 2 is 2.16 bits per heavy atom. The zero-order chi connectivity index (χ0) is 14.0. The molecule has 1 aromatic rings. The van der Waals surface area contributed by atoms with Gasteiger partial charge >= 0.3 is 5.97 Å². The van der Waals surface area contributed by atoms with Crippen molar-refractivity contribution in [2.75, 3.05) is 13.2 Å². The van der Waals surface area contributed by atoms with E-state index in [-0.39, 0.29) is 6.04 Å². The number of hydrogen-bond donors (Lipinski definition) is 1. The van der Waals surface area contributed by atoms with E-state index in [1.54, 1.807) is 13.8 Å². The molecular formula is C15H21NO3. The molecule has 0 spiro atoms. The van der Waals surface area contributed by atoms with Crippen molar-refractivity contribution in [3.8, 4) is 0 Å². The van der Waals surface area contributed by atoms with Crippen molar-refractivity contribution in [1.82, 2.24) is 4.90 Å². The van der Waals surface area contributed by atoms with Gasteiger partial charge in [0.15, 0.2) is 0 Å². The molecule has 0 bridgehead atoms. The van der Waals surface area contributed by atoms with Crippen molar-refractivity contribution in [3.63, 3.8) is 0 Å². The van der Waals surface area contributed by atoms with Crippen LogP contribution >= 0.6 is 0 Å². The number of likely N-dealkylation sites (N-methyl/N-ethyl adjacent to an activating group) is 1. The van der Waals surface area contributed by atoms with Gasteiger partial charge in [-0.05, 0) is 31.5 Å². The average molecular weight is 263 g/mol. The van der Waals surface area contributed by atoms with Gasteiger partial charge < -0.3 is 9.84 Å². The van der Waals surface area contributed by atoms with Crippen molar-refractivity contribution in [2.45, 2.75) is 39.0 Å². The number of carbonyl (C=O) groups is 1. The fourth-order valence-corrected chi connectivity index (χ4v) is 2.75. The molecule has 0 aliphatic carbocycles. The maximum atomic E-state index is 11.5. The van der Waals surface area contributed by atoms with Gasteiger partial charge in [0.2, 0.25) is 0 Å². The van der Waals surface area contributed by atoms with E-state index in [0.29, 0.717) is 19.8 Å². The lowest BCUT2D eigenvalue weighted by molar-refractivity contribution is -0.152. The SMILES string of the molecule is CCN(C1COCc2ccccc21)C(C)(C)C(=O)O. The van der Waals surface area contributed by atoms with Gasteiger partial charge in [-0.15, -0.1) is 0 Å². The highest BCUT2D eigenvalue weighted by molar-refractivity contribution is 5.77. The monoisotopic (exact) mass is 263 g/mol. The molecule has 1 aliphatic rings. The van der Waals surface area contributed by atoms with E-state index in [9.17, 15) is 9.90 Å². The van der Waals surface area contributed by atoms with Gasteiger partial charge in [0.25, 0.3) is 0 Å². The molecule has 0 aromatic heterocycles. The van der Waals surface area contributed by atoms with E-state index in [2.05, 4.69) is 6.07 Å². The van der Waals surface area contributed by atoms with E-state index in [4.69, 9.17) is 4.74 Å². The first-order chi connectivity index (χ1) is 8.98. The van der Waals surface area contributed by atoms with Gasteiger partial charge in [-0.25, -0.2) is 0 Å². The summed E-state index contributed by atoms with van der Waals surface area (Å²) in [6, 6.07) is 8.11. The highest BCUT2D eigenvalue weighted by Gasteiger charge is 2.40. The molecular weight excluding hydrogens is 242 g/mol. The first kappa shape index (κ1) is 14.0. The first-order valence-electron chi connectivity index (χ1n) is 6.64. The number of hydrogen-bond acceptors (Lipinski definition) is 3. The molecule has 4 nitrogen and oxygen atoms in total. The number of rotatable bonds is 4. The van der Waals surface area contributed by atoms with Gasteiger partial charge in [0.05, 0.1) is 19.3 Å². The number of carboxylic acid groups (broad SMARTS) is 1. The maximum Gasteiger partial charge on any atom is 0.323 e. The van der Waals surface area contributed by atoms with Crippen molar-refractivity contribution < 1.29 is 14.6 Å². The van der Waals surface area contributed by atoms with Crippen molar-refractivity contribution >= 4 is 5.97 Å². The summed E-state index contributed by atoms with van der Waals surface area (Å²) in [5, 5.41) is 9.44. The predicted octanol–water partition coefficient (Wildman–Crippen LogP) is 2.44. The number of aliphatic carboxylic acids is 1. The van der Waals surface area contributed by atoms with E-state index in [1.807, 2.05) is 30.0 Å². The molecule has 1 atom stereocenters. The topological polar surface area (TPSA) is 49.8 Å².